The molecular weight excluding hydrogens is 692 g/mol. The minimum Gasteiger partial charge on any atom is -0.457 e. The van der Waals surface area contributed by atoms with Crippen LogP contribution in [0.2, 0.25) is 0 Å². The molecule has 53 heavy (non-hydrogen) atoms. The summed E-state index contributed by atoms with van der Waals surface area (Å²) in [6.07, 6.45) is 6.60. The lowest BCUT2D eigenvalue weighted by Gasteiger charge is -2.42. The highest BCUT2D eigenvalue weighted by Crippen LogP contribution is 2.26. The minimum absolute atomic E-state index is 0.0671. The van der Waals surface area contributed by atoms with Crippen molar-refractivity contribution < 1.29 is 69.0 Å². The standard InChI is InChI=1S/C39H74O14/c1-3-5-7-9-10-11-12-13-14-15-16-17-19-21-23-48-25-28(51-31(41)22-20-18-8-6-4-2)26-49-38-37(47)35(45)33(43)30(53-38)27-50-39-36(46)34(44)32(42)29(24-40)52-39/h28-30,32-40,42-47H,3-27H2,1-2H3. The number of ether oxygens (including phenoxy) is 6. The van der Waals surface area contributed by atoms with Crippen LogP contribution in [0, 0.1) is 0 Å². The van der Waals surface area contributed by atoms with E-state index in [4.69, 9.17) is 28.4 Å². The smallest absolute Gasteiger partial charge is 0.306 e. The Morgan fingerprint density at radius 3 is 1.53 bits per heavy atom. The van der Waals surface area contributed by atoms with E-state index in [0.717, 1.165) is 44.9 Å². The third kappa shape index (κ3) is 19.1. The van der Waals surface area contributed by atoms with E-state index in [-0.39, 0.29) is 25.6 Å². The van der Waals surface area contributed by atoms with E-state index in [2.05, 4.69) is 13.8 Å². The lowest BCUT2D eigenvalue weighted by Crippen LogP contribution is -2.61. The molecule has 14 nitrogen and oxygen atoms in total. The number of carbonyl (C=O) groups excluding carboxylic acids is 1. The van der Waals surface area contributed by atoms with E-state index in [1.54, 1.807) is 0 Å². The molecule has 0 aliphatic carbocycles. The normalized spacial score (nSPS) is 29.7. The highest BCUT2D eigenvalue weighted by Gasteiger charge is 2.47. The molecule has 0 aromatic rings. The van der Waals surface area contributed by atoms with Crippen molar-refractivity contribution in [3.8, 4) is 0 Å². The summed E-state index contributed by atoms with van der Waals surface area (Å²) in [7, 11) is 0. The number of aliphatic hydroxyl groups excluding tert-OH is 7. The Morgan fingerprint density at radius 1 is 0.547 bits per heavy atom. The molecule has 2 saturated heterocycles. The molecule has 0 saturated carbocycles. The lowest BCUT2D eigenvalue weighted by molar-refractivity contribution is -0.332. The van der Waals surface area contributed by atoms with Crippen LogP contribution in [0.15, 0.2) is 0 Å². The Labute approximate surface area is 317 Å². The maximum Gasteiger partial charge on any atom is 0.306 e. The van der Waals surface area contributed by atoms with Crippen LogP contribution < -0.4 is 0 Å². The molecule has 11 atom stereocenters. The molecule has 2 fully saturated rings. The van der Waals surface area contributed by atoms with Gasteiger partial charge in [0.2, 0.25) is 0 Å². The summed E-state index contributed by atoms with van der Waals surface area (Å²) in [6, 6.07) is 0. The Hall–Kier alpha value is -1.01. The molecule has 2 rings (SSSR count). The number of carbonyl (C=O) groups is 1. The Morgan fingerprint density at radius 2 is 1.00 bits per heavy atom. The summed E-state index contributed by atoms with van der Waals surface area (Å²) < 4.78 is 33.9. The van der Waals surface area contributed by atoms with Gasteiger partial charge in [-0.15, -0.1) is 0 Å². The van der Waals surface area contributed by atoms with Gasteiger partial charge in [-0.2, -0.15) is 0 Å². The molecule has 7 N–H and O–H groups in total. The maximum atomic E-state index is 12.7. The van der Waals surface area contributed by atoms with E-state index in [1.165, 1.54) is 70.6 Å². The summed E-state index contributed by atoms with van der Waals surface area (Å²) in [5.74, 6) is -0.387. The van der Waals surface area contributed by atoms with E-state index in [9.17, 15) is 40.5 Å². The number of hydrogen-bond donors (Lipinski definition) is 7. The third-order valence-corrected chi connectivity index (χ3v) is 10.1. The van der Waals surface area contributed by atoms with Gasteiger partial charge in [0, 0.05) is 13.0 Å². The molecule has 0 bridgehead atoms. The molecule has 14 heteroatoms. The van der Waals surface area contributed by atoms with Crippen LogP contribution in [0.5, 0.6) is 0 Å². The first-order valence-electron chi connectivity index (χ1n) is 20.6. The van der Waals surface area contributed by atoms with Gasteiger partial charge >= 0.3 is 5.97 Å². The quantitative estimate of drug-likeness (QED) is 0.0398. The number of unbranched alkanes of at least 4 members (excludes halogenated alkanes) is 17. The zero-order valence-electron chi connectivity index (χ0n) is 32.5. The second-order valence-corrected chi connectivity index (χ2v) is 14.8. The van der Waals surface area contributed by atoms with E-state index in [1.807, 2.05) is 0 Å². The number of hydrogen-bond acceptors (Lipinski definition) is 14. The lowest BCUT2D eigenvalue weighted by atomic mass is 9.98. The van der Waals surface area contributed by atoms with Crippen LogP contribution in [0.3, 0.4) is 0 Å². The Bertz CT molecular complexity index is 896. The molecular formula is C39H74O14. The van der Waals surface area contributed by atoms with Crippen molar-refractivity contribution in [3.05, 3.63) is 0 Å². The Kier molecular flexibility index (Phi) is 26.6. The van der Waals surface area contributed by atoms with Gasteiger partial charge in [-0.1, -0.05) is 123 Å². The van der Waals surface area contributed by atoms with E-state index < -0.39 is 80.7 Å². The summed E-state index contributed by atoms with van der Waals surface area (Å²) in [5.41, 5.74) is 0. The van der Waals surface area contributed by atoms with Gasteiger partial charge in [0.25, 0.3) is 0 Å². The average molecular weight is 767 g/mol. The van der Waals surface area contributed by atoms with Gasteiger partial charge in [-0.25, -0.2) is 0 Å². The largest absolute Gasteiger partial charge is 0.457 e. The highest BCUT2D eigenvalue weighted by molar-refractivity contribution is 5.69. The van der Waals surface area contributed by atoms with E-state index >= 15 is 0 Å². The first-order valence-corrected chi connectivity index (χ1v) is 20.6. The van der Waals surface area contributed by atoms with Crippen LogP contribution in [-0.2, 0) is 33.2 Å². The van der Waals surface area contributed by atoms with Crippen LogP contribution in [0.25, 0.3) is 0 Å². The summed E-state index contributed by atoms with van der Waals surface area (Å²) in [4.78, 5) is 12.7. The van der Waals surface area contributed by atoms with Crippen molar-refractivity contribution >= 4 is 5.97 Å². The van der Waals surface area contributed by atoms with Gasteiger partial charge in [0.1, 0.15) is 54.9 Å². The maximum absolute atomic E-state index is 12.7. The molecule has 2 aliphatic rings. The van der Waals surface area contributed by atoms with E-state index in [0.29, 0.717) is 13.0 Å². The van der Waals surface area contributed by atoms with Crippen LogP contribution >= 0.6 is 0 Å². The number of rotatable bonds is 31. The summed E-state index contributed by atoms with van der Waals surface area (Å²) in [6.45, 7) is 3.59. The predicted molar refractivity (Wildman–Crippen MR) is 197 cm³/mol. The zero-order chi connectivity index (χ0) is 38.8. The fraction of sp³-hybridized carbons (Fsp3) is 0.974. The fourth-order valence-electron chi connectivity index (χ4n) is 6.64. The first kappa shape index (κ1) is 48.1. The molecule has 0 aromatic heterocycles. The fourth-order valence-corrected chi connectivity index (χ4v) is 6.64. The highest BCUT2D eigenvalue weighted by atomic mass is 16.7. The van der Waals surface area contributed by atoms with Crippen LogP contribution in [0.4, 0.5) is 0 Å². The predicted octanol–water partition coefficient (Wildman–Crippen LogP) is 3.40. The SMILES string of the molecule is CCCCCCCCCCCCCCCCOCC(COC1OC(COC2OC(CO)C(O)C(O)C2O)C(O)C(O)C1O)OC(=O)CCCCCCC. The second-order valence-electron chi connectivity index (χ2n) is 14.8. The van der Waals surface area contributed by atoms with Gasteiger partial charge in [-0.05, 0) is 12.8 Å². The molecule has 11 unspecified atom stereocenters. The van der Waals surface area contributed by atoms with Gasteiger partial charge < -0.3 is 64.2 Å². The zero-order valence-corrected chi connectivity index (χ0v) is 32.5. The number of esters is 1. The van der Waals surface area contributed by atoms with Crippen molar-refractivity contribution in [3.63, 3.8) is 0 Å². The topological polar surface area (TPSA) is 214 Å². The third-order valence-electron chi connectivity index (χ3n) is 10.1. The van der Waals surface area contributed by atoms with Crippen molar-refractivity contribution in [2.24, 2.45) is 0 Å². The molecule has 2 aliphatic heterocycles. The average Bonchev–Trinajstić information content (AvgIpc) is 3.15. The summed E-state index contributed by atoms with van der Waals surface area (Å²) >= 11 is 0. The number of aliphatic hydroxyl groups is 7. The van der Waals surface area contributed by atoms with Crippen molar-refractivity contribution in [1.29, 1.82) is 0 Å². The van der Waals surface area contributed by atoms with Crippen molar-refractivity contribution in [1.82, 2.24) is 0 Å². The van der Waals surface area contributed by atoms with Gasteiger partial charge in [0.15, 0.2) is 12.6 Å². The van der Waals surface area contributed by atoms with Crippen LogP contribution in [-0.4, -0.2) is 142 Å². The Balaban J connectivity index is 1.79. The minimum atomic E-state index is -1.70. The molecule has 0 spiro atoms. The second kappa shape index (κ2) is 29.3. The molecule has 0 radical (unpaired) electrons. The molecule has 2 heterocycles. The first-order chi connectivity index (χ1) is 25.6. The van der Waals surface area contributed by atoms with Crippen molar-refractivity contribution in [2.45, 2.75) is 210 Å². The molecule has 0 amide bonds. The molecule has 314 valence electrons. The van der Waals surface area contributed by atoms with Crippen LogP contribution in [0.1, 0.15) is 142 Å². The van der Waals surface area contributed by atoms with Gasteiger partial charge in [-0.3, -0.25) is 4.79 Å². The van der Waals surface area contributed by atoms with Crippen molar-refractivity contribution in [2.75, 3.05) is 33.0 Å². The molecule has 0 aromatic carbocycles. The van der Waals surface area contributed by atoms with Gasteiger partial charge in [0.05, 0.1) is 26.4 Å². The summed E-state index contributed by atoms with van der Waals surface area (Å²) in [5, 5.41) is 71.5. The monoisotopic (exact) mass is 767 g/mol.